The van der Waals surface area contributed by atoms with Gasteiger partial charge >= 0.3 is 0 Å². The summed E-state index contributed by atoms with van der Waals surface area (Å²) in [5.74, 6) is 7.43. The number of hydrogen-bond acceptors (Lipinski definition) is 5. The van der Waals surface area contributed by atoms with E-state index in [0.717, 1.165) is 29.9 Å². The van der Waals surface area contributed by atoms with Gasteiger partial charge in [0.2, 0.25) is 0 Å². The van der Waals surface area contributed by atoms with Gasteiger partial charge in [0.15, 0.2) is 0 Å². The second kappa shape index (κ2) is 11.2. The van der Waals surface area contributed by atoms with Crippen molar-refractivity contribution < 1.29 is 14.0 Å². The number of rotatable bonds is 7. The molecule has 4 atom stereocenters. The quantitative estimate of drug-likeness (QED) is 0.302. The molecule has 2 aliphatic rings. The Labute approximate surface area is 198 Å². The Morgan fingerprint density at radius 1 is 1.19 bits per heavy atom. The van der Waals surface area contributed by atoms with Crippen LogP contribution in [0.5, 0.6) is 5.75 Å². The first-order valence-corrected chi connectivity index (χ1v) is 14.4. The molecule has 4 rings (SSSR count). The standard InChI is InChI=1S/C24H26IN2O3P/c1-18(30-31-25)24-26-13-15-27(24)14-2-3-19-4-6-20(7-5-19)21-8-10-22(11-9-21)29-23-12-16-28-17-23/h4-11,13,15,18,23-24,26,31H,12,14,16-17H2,1H3. The van der Waals surface area contributed by atoms with Crippen molar-refractivity contribution in [2.24, 2.45) is 0 Å². The number of ether oxygens (including phenoxy) is 2. The van der Waals surface area contributed by atoms with Crippen LogP contribution >= 0.6 is 28.5 Å². The van der Waals surface area contributed by atoms with Gasteiger partial charge in [-0.25, -0.2) is 0 Å². The molecule has 31 heavy (non-hydrogen) atoms. The average Bonchev–Trinajstić information content (AvgIpc) is 3.47. The molecule has 0 amide bonds. The molecule has 0 aromatic heterocycles. The van der Waals surface area contributed by atoms with Crippen LogP contribution in [-0.2, 0) is 9.26 Å². The van der Waals surface area contributed by atoms with Crippen molar-refractivity contribution in [2.75, 3.05) is 19.8 Å². The summed E-state index contributed by atoms with van der Waals surface area (Å²) in [6, 6.07) is 16.6. The molecule has 7 heteroatoms. The van der Waals surface area contributed by atoms with Gasteiger partial charge in [-0.3, -0.25) is 0 Å². The molecule has 2 heterocycles. The normalized spacial score (nSPS) is 21.2. The first-order valence-electron chi connectivity index (χ1n) is 10.4. The maximum absolute atomic E-state index is 5.94. The van der Waals surface area contributed by atoms with Crippen LogP contribution in [0.4, 0.5) is 0 Å². The molecule has 0 spiro atoms. The lowest BCUT2D eigenvalue weighted by Crippen LogP contribution is -2.44. The average molecular weight is 548 g/mol. The summed E-state index contributed by atoms with van der Waals surface area (Å²) in [6.45, 7) is 4.65. The van der Waals surface area contributed by atoms with Crippen LogP contribution in [0.2, 0.25) is 0 Å². The van der Waals surface area contributed by atoms with Crippen LogP contribution < -0.4 is 10.1 Å². The van der Waals surface area contributed by atoms with Crippen molar-refractivity contribution in [3.63, 3.8) is 0 Å². The van der Waals surface area contributed by atoms with Crippen LogP contribution in [0.25, 0.3) is 11.1 Å². The highest BCUT2D eigenvalue weighted by molar-refractivity contribution is 14.2. The van der Waals surface area contributed by atoms with Gasteiger partial charge in [0.25, 0.3) is 0 Å². The molecule has 5 nitrogen and oxygen atoms in total. The molecule has 4 unspecified atom stereocenters. The minimum Gasteiger partial charge on any atom is -0.488 e. The molecular formula is C24H26IN2O3P. The maximum atomic E-state index is 5.94. The SMILES string of the molecule is CC(OPI)C1NC=CN1CC#Cc1ccc(-c2ccc(OC3CCOC3)cc2)cc1. The minimum atomic E-state index is 0.106. The van der Waals surface area contributed by atoms with Crippen molar-refractivity contribution in [1.82, 2.24) is 10.2 Å². The number of benzene rings is 2. The van der Waals surface area contributed by atoms with Crippen LogP contribution in [0.3, 0.4) is 0 Å². The summed E-state index contributed by atoms with van der Waals surface area (Å²) in [6.07, 6.45) is 5.36. The summed E-state index contributed by atoms with van der Waals surface area (Å²) in [4.78, 5) is 2.17. The molecule has 1 saturated heterocycles. The van der Waals surface area contributed by atoms with Crippen LogP contribution in [0.1, 0.15) is 18.9 Å². The van der Waals surface area contributed by atoms with Crippen molar-refractivity contribution in [3.8, 4) is 28.7 Å². The summed E-state index contributed by atoms with van der Waals surface area (Å²) < 4.78 is 17.0. The maximum Gasteiger partial charge on any atom is 0.126 e. The van der Waals surface area contributed by atoms with Crippen LogP contribution in [0, 0.1) is 11.8 Å². The van der Waals surface area contributed by atoms with Crippen LogP contribution in [0.15, 0.2) is 60.9 Å². The minimum absolute atomic E-state index is 0.106. The molecule has 0 aliphatic carbocycles. The van der Waals surface area contributed by atoms with E-state index in [1.54, 1.807) is 0 Å². The lowest BCUT2D eigenvalue weighted by atomic mass is 10.0. The molecule has 2 aliphatic heterocycles. The number of nitrogens with zero attached hydrogens (tertiary/aromatic N) is 1. The molecular weight excluding hydrogens is 522 g/mol. The Morgan fingerprint density at radius 3 is 2.61 bits per heavy atom. The van der Waals surface area contributed by atoms with E-state index in [1.165, 1.54) is 5.56 Å². The summed E-state index contributed by atoms with van der Waals surface area (Å²) in [7, 11) is 0. The lowest BCUT2D eigenvalue weighted by molar-refractivity contribution is 0.132. The van der Waals surface area contributed by atoms with E-state index in [4.69, 9.17) is 14.0 Å². The zero-order valence-electron chi connectivity index (χ0n) is 17.4. The predicted octanol–water partition coefficient (Wildman–Crippen LogP) is 4.92. The van der Waals surface area contributed by atoms with Gasteiger partial charge in [0.05, 0.1) is 32.3 Å². The lowest BCUT2D eigenvalue weighted by Gasteiger charge is -2.28. The molecule has 1 fully saturated rings. The van der Waals surface area contributed by atoms with Gasteiger partial charge < -0.3 is 24.2 Å². The van der Waals surface area contributed by atoms with E-state index in [0.29, 0.717) is 19.6 Å². The Balaban J connectivity index is 1.33. The van der Waals surface area contributed by atoms with E-state index >= 15 is 0 Å². The number of halogens is 1. The molecule has 1 N–H and O–H groups in total. The van der Waals surface area contributed by atoms with Gasteiger partial charge in [-0.2, -0.15) is 0 Å². The molecule has 0 radical (unpaired) electrons. The molecule has 2 aromatic rings. The fraction of sp³-hybridized carbons (Fsp3) is 0.333. The second-order valence-electron chi connectivity index (χ2n) is 7.51. The fourth-order valence-corrected chi connectivity index (χ4v) is 5.09. The largest absolute Gasteiger partial charge is 0.488 e. The zero-order valence-corrected chi connectivity index (χ0v) is 20.5. The molecule has 162 valence electrons. The Kier molecular flexibility index (Phi) is 8.09. The van der Waals surface area contributed by atoms with E-state index in [2.05, 4.69) is 87.4 Å². The third-order valence-electron chi connectivity index (χ3n) is 5.32. The van der Waals surface area contributed by atoms with E-state index in [9.17, 15) is 0 Å². The highest BCUT2D eigenvalue weighted by Crippen LogP contribution is 2.27. The van der Waals surface area contributed by atoms with Gasteiger partial charge in [0.1, 0.15) is 18.0 Å². The van der Waals surface area contributed by atoms with Crippen LogP contribution in [-0.4, -0.2) is 43.0 Å². The highest BCUT2D eigenvalue weighted by Gasteiger charge is 2.24. The first kappa shape index (κ1) is 22.4. The van der Waals surface area contributed by atoms with Crippen molar-refractivity contribution in [1.29, 1.82) is 0 Å². The van der Waals surface area contributed by atoms with Crippen molar-refractivity contribution in [2.45, 2.75) is 31.7 Å². The highest BCUT2D eigenvalue weighted by atomic mass is 127. The summed E-state index contributed by atoms with van der Waals surface area (Å²) in [5, 5.41) is 3.33. The Hall–Kier alpha value is -1.78. The second-order valence-corrected chi connectivity index (χ2v) is 9.22. The predicted molar refractivity (Wildman–Crippen MR) is 134 cm³/mol. The fourth-order valence-electron chi connectivity index (χ4n) is 3.62. The summed E-state index contributed by atoms with van der Waals surface area (Å²) >= 11 is 2.25. The monoisotopic (exact) mass is 548 g/mol. The van der Waals surface area contributed by atoms with Gasteiger partial charge in [-0.15, -0.1) is 0 Å². The topological polar surface area (TPSA) is 43.0 Å². The van der Waals surface area contributed by atoms with Crippen molar-refractivity contribution in [3.05, 3.63) is 66.5 Å². The van der Waals surface area contributed by atoms with Gasteiger partial charge in [0, 0.05) is 24.4 Å². The van der Waals surface area contributed by atoms with Gasteiger partial charge in [-0.1, -0.05) is 36.1 Å². The zero-order chi connectivity index (χ0) is 21.5. The third kappa shape index (κ3) is 6.14. The van der Waals surface area contributed by atoms with E-state index < -0.39 is 0 Å². The number of nitrogens with one attached hydrogen (secondary N) is 1. The molecule has 0 bridgehead atoms. The first-order chi connectivity index (χ1) is 15.2. The molecule has 2 aromatic carbocycles. The number of hydrogen-bond donors (Lipinski definition) is 1. The molecule has 0 saturated carbocycles. The third-order valence-corrected chi connectivity index (χ3v) is 6.55. The van der Waals surface area contributed by atoms with E-state index in [1.807, 2.05) is 24.5 Å². The smallest absolute Gasteiger partial charge is 0.126 e. The van der Waals surface area contributed by atoms with Crippen molar-refractivity contribution >= 4 is 28.5 Å². The van der Waals surface area contributed by atoms with E-state index in [-0.39, 0.29) is 18.4 Å². The Bertz CT molecular complexity index is 934. The Morgan fingerprint density at radius 2 is 1.94 bits per heavy atom. The van der Waals surface area contributed by atoms with Gasteiger partial charge in [-0.05, 0) is 64.4 Å². The summed E-state index contributed by atoms with van der Waals surface area (Å²) in [5.41, 5.74) is 3.34.